The van der Waals surface area contributed by atoms with Crippen LogP contribution in [-0.4, -0.2) is 21.0 Å². The first kappa shape index (κ1) is 14.4. The highest BCUT2D eigenvalue weighted by Crippen LogP contribution is 2.45. The fourth-order valence-corrected chi connectivity index (χ4v) is 3.32. The molecule has 1 aromatic heterocycles. The van der Waals surface area contributed by atoms with Crippen LogP contribution in [0.3, 0.4) is 0 Å². The van der Waals surface area contributed by atoms with E-state index in [4.69, 9.17) is 15.6 Å². The van der Waals surface area contributed by atoms with Crippen molar-refractivity contribution in [2.24, 2.45) is 0 Å². The van der Waals surface area contributed by atoms with E-state index < -0.39 is 0 Å². The Labute approximate surface area is 116 Å². The molecule has 0 aliphatic carbocycles. The van der Waals surface area contributed by atoms with E-state index in [1.165, 1.54) is 0 Å². The molecule has 4 nitrogen and oxygen atoms in total. The Hall–Kier alpha value is -1.03. The molecule has 0 saturated carbocycles. The smallest absolute Gasteiger partial charge is 0.0858 e. The van der Waals surface area contributed by atoms with Crippen LogP contribution in [0.25, 0.3) is 0 Å². The molecule has 1 atom stereocenters. The summed E-state index contributed by atoms with van der Waals surface area (Å²) in [7, 11) is 0. The van der Waals surface area contributed by atoms with Crippen molar-refractivity contribution in [3.05, 3.63) is 11.4 Å². The van der Waals surface area contributed by atoms with E-state index in [2.05, 4.69) is 46.2 Å². The standard InChI is InChI=1S/C15H27N3O/c1-7-10-13(16)11(8-2)18(17-10)12-9-14(3,4)19-15(12,5)6/h12H,7-9,16H2,1-6H3. The van der Waals surface area contributed by atoms with Crippen LogP contribution < -0.4 is 5.73 Å². The lowest BCUT2D eigenvalue weighted by Gasteiger charge is -2.28. The first-order chi connectivity index (χ1) is 8.72. The average molecular weight is 265 g/mol. The van der Waals surface area contributed by atoms with Gasteiger partial charge in [-0.2, -0.15) is 5.10 Å². The van der Waals surface area contributed by atoms with Crippen LogP contribution in [0.4, 0.5) is 5.69 Å². The topological polar surface area (TPSA) is 53.1 Å². The molecule has 1 saturated heterocycles. The summed E-state index contributed by atoms with van der Waals surface area (Å²) in [4.78, 5) is 0. The second-order valence-electron chi connectivity index (χ2n) is 6.64. The highest BCUT2D eigenvalue weighted by molar-refractivity contribution is 5.48. The minimum atomic E-state index is -0.211. The molecule has 0 radical (unpaired) electrons. The van der Waals surface area contributed by atoms with Gasteiger partial charge in [-0.1, -0.05) is 13.8 Å². The summed E-state index contributed by atoms with van der Waals surface area (Å²) in [5, 5.41) is 4.75. The van der Waals surface area contributed by atoms with Crippen molar-refractivity contribution in [3.63, 3.8) is 0 Å². The number of rotatable bonds is 3. The van der Waals surface area contributed by atoms with Gasteiger partial charge in [0.1, 0.15) is 0 Å². The monoisotopic (exact) mass is 265 g/mol. The first-order valence-electron chi connectivity index (χ1n) is 7.27. The van der Waals surface area contributed by atoms with Gasteiger partial charge in [0, 0.05) is 6.42 Å². The Balaban J connectivity index is 2.47. The molecule has 1 fully saturated rings. The number of ether oxygens (including phenoxy) is 1. The molecule has 0 spiro atoms. The number of hydrogen-bond donors (Lipinski definition) is 1. The number of aryl methyl sites for hydroxylation is 1. The van der Waals surface area contributed by atoms with E-state index in [1.807, 2.05) is 0 Å². The number of anilines is 1. The molecule has 1 aliphatic heterocycles. The maximum absolute atomic E-state index is 6.22. The number of nitrogen functional groups attached to an aromatic ring is 1. The van der Waals surface area contributed by atoms with Gasteiger partial charge in [0.15, 0.2) is 0 Å². The van der Waals surface area contributed by atoms with Gasteiger partial charge in [0.05, 0.1) is 34.3 Å². The van der Waals surface area contributed by atoms with E-state index in [0.717, 1.165) is 36.3 Å². The molecule has 19 heavy (non-hydrogen) atoms. The summed E-state index contributed by atoms with van der Waals surface area (Å²) in [6.45, 7) is 12.8. The molecule has 0 aromatic carbocycles. The van der Waals surface area contributed by atoms with Crippen LogP contribution in [-0.2, 0) is 17.6 Å². The summed E-state index contributed by atoms with van der Waals surface area (Å²) < 4.78 is 8.31. The molecule has 1 aromatic rings. The minimum Gasteiger partial charge on any atom is -0.396 e. The number of hydrogen-bond acceptors (Lipinski definition) is 3. The lowest BCUT2D eigenvalue weighted by atomic mass is 9.94. The molecule has 108 valence electrons. The molecule has 2 heterocycles. The largest absolute Gasteiger partial charge is 0.396 e. The summed E-state index contributed by atoms with van der Waals surface area (Å²) in [6, 6.07) is 0.250. The maximum Gasteiger partial charge on any atom is 0.0858 e. The van der Waals surface area contributed by atoms with Gasteiger partial charge in [-0.05, 0) is 40.5 Å². The van der Waals surface area contributed by atoms with Gasteiger partial charge in [0.25, 0.3) is 0 Å². The molecule has 0 amide bonds. The number of nitrogens with two attached hydrogens (primary N) is 1. The van der Waals surface area contributed by atoms with Crippen molar-refractivity contribution >= 4 is 5.69 Å². The zero-order valence-corrected chi connectivity index (χ0v) is 13.1. The highest BCUT2D eigenvalue weighted by atomic mass is 16.5. The molecule has 2 rings (SSSR count). The van der Waals surface area contributed by atoms with Crippen molar-refractivity contribution in [2.45, 2.75) is 78.0 Å². The quantitative estimate of drug-likeness (QED) is 0.913. The van der Waals surface area contributed by atoms with Gasteiger partial charge in [-0.15, -0.1) is 0 Å². The Morgan fingerprint density at radius 3 is 2.32 bits per heavy atom. The second-order valence-corrected chi connectivity index (χ2v) is 6.64. The van der Waals surface area contributed by atoms with Crippen LogP contribution in [0.5, 0.6) is 0 Å². The van der Waals surface area contributed by atoms with E-state index in [1.54, 1.807) is 0 Å². The molecule has 0 bridgehead atoms. The zero-order valence-electron chi connectivity index (χ0n) is 13.1. The minimum absolute atomic E-state index is 0.105. The van der Waals surface area contributed by atoms with E-state index in [-0.39, 0.29) is 17.2 Å². The lowest BCUT2D eigenvalue weighted by molar-refractivity contribution is -0.0739. The number of nitrogens with zero attached hydrogens (tertiary/aromatic N) is 2. The van der Waals surface area contributed by atoms with Gasteiger partial charge in [0.2, 0.25) is 0 Å². The van der Waals surface area contributed by atoms with Crippen LogP contribution >= 0.6 is 0 Å². The van der Waals surface area contributed by atoms with Crippen molar-refractivity contribution in [2.75, 3.05) is 5.73 Å². The Bertz CT molecular complexity index is 474. The third-order valence-corrected chi connectivity index (χ3v) is 4.12. The normalized spacial score (nSPS) is 24.8. The summed E-state index contributed by atoms with van der Waals surface area (Å²) in [6.07, 6.45) is 2.76. The van der Waals surface area contributed by atoms with Gasteiger partial charge >= 0.3 is 0 Å². The third-order valence-electron chi connectivity index (χ3n) is 4.12. The van der Waals surface area contributed by atoms with E-state index in [0.29, 0.717) is 0 Å². The lowest BCUT2D eigenvalue weighted by Crippen LogP contribution is -2.32. The maximum atomic E-state index is 6.22. The molecular formula is C15H27N3O. The fraction of sp³-hybridized carbons (Fsp3) is 0.800. The van der Waals surface area contributed by atoms with Crippen LogP contribution in [0.2, 0.25) is 0 Å². The SMILES string of the molecule is CCc1nn(C2CC(C)(C)OC2(C)C)c(CC)c1N. The van der Waals surface area contributed by atoms with Crippen molar-refractivity contribution in [3.8, 4) is 0 Å². The van der Waals surface area contributed by atoms with Crippen molar-refractivity contribution in [1.82, 2.24) is 9.78 Å². The number of aromatic nitrogens is 2. The zero-order chi connectivity index (χ0) is 14.4. The van der Waals surface area contributed by atoms with Crippen LogP contribution in [0.15, 0.2) is 0 Å². The summed E-state index contributed by atoms with van der Waals surface area (Å²) >= 11 is 0. The predicted molar refractivity (Wildman–Crippen MR) is 78.3 cm³/mol. The van der Waals surface area contributed by atoms with E-state index in [9.17, 15) is 0 Å². The Morgan fingerprint density at radius 2 is 1.89 bits per heavy atom. The third kappa shape index (κ3) is 2.38. The molecule has 1 aliphatic rings. The van der Waals surface area contributed by atoms with Crippen LogP contribution in [0.1, 0.15) is 65.4 Å². The van der Waals surface area contributed by atoms with Gasteiger partial charge < -0.3 is 10.5 Å². The van der Waals surface area contributed by atoms with E-state index >= 15 is 0 Å². The Morgan fingerprint density at radius 1 is 1.26 bits per heavy atom. The van der Waals surface area contributed by atoms with Gasteiger partial charge in [-0.3, -0.25) is 4.68 Å². The Kier molecular flexibility index (Phi) is 3.42. The second kappa shape index (κ2) is 4.51. The summed E-state index contributed by atoms with van der Waals surface area (Å²) in [5.74, 6) is 0. The molecule has 4 heteroatoms. The molecule has 1 unspecified atom stereocenters. The van der Waals surface area contributed by atoms with Crippen molar-refractivity contribution in [1.29, 1.82) is 0 Å². The first-order valence-corrected chi connectivity index (χ1v) is 7.27. The fourth-order valence-electron chi connectivity index (χ4n) is 3.32. The predicted octanol–water partition coefficient (Wildman–Crippen LogP) is 3.11. The van der Waals surface area contributed by atoms with Crippen molar-refractivity contribution < 1.29 is 4.74 Å². The molecule has 2 N–H and O–H groups in total. The summed E-state index contributed by atoms with van der Waals surface area (Å²) in [5.41, 5.74) is 8.94. The van der Waals surface area contributed by atoms with Crippen LogP contribution in [0, 0.1) is 0 Å². The van der Waals surface area contributed by atoms with Gasteiger partial charge in [-0.25, -0.2) is 0 Å². The molecular weight excluding hydrogens is 238 g/mol. The highest BCUT2D eigenvalue weighted by Gasteiger charge is 2.48. The average Bonchev–Trinajstić information content (AvgIpc) is 2.71.